The van der Waals surface area contributed by atoms with Gasteiger partial charge in [-0.2, -0.15) is 4.98 Å². The SMILES string of the molecule is CCC(CC)NC(=O)Nc1ccccc1Cc1nc(-c2ccco2)no1. The molecule has 0 radical (unpaired) electrons. The number of furan rings is 1. The lowest BCUT2D eigenvalue weighted by Gasteiger charge is -2.16. The predicted molar refractivity (Wildman–Crippen MR) is 97.8 cm³/mol. The van der Waals surface area contributed by atoms with Gasteiger partial charge in [0.15, 0.2) is 5.76 Å². The number of amides is 2. The van der Waals surface area contributed by atoms with Crippen LogP contribution < -0.4 is 10.6 Å². The number of carbonyl (C=O) groups excluding carboxylic acids is 1. The minimum atomic E-state index is -0.215. The van der Waals surface area contributed by atoms with Crippen LogP contribution in [0.15, 0.2) is 51.6 Å². The fourth-order valence-corrected chi connectivity index (χ4v) is 2.63. The summed E-state index contributed by atoms with van der Waals surface area (Å²) in [5.74, 6) is 1.41. The molecular weight excluding hydrogens is 332 g/mol. The highest BCUT2D eigenvalue weighted by molar-refractivity contribution is 5.90. The Morgan fingerprint density at radius 2 is 1.96 bits per heavy atom. The Morgan fingerprint density at radius 3 is 2.69 bits per heavy atom. The molecule has 7 nitrogen and oxygen atoms in total. The molecule has 136 valence electrons. The summed E-state index contributed by atoms with van der Waals surface area (Å²) in [5.41, 5.74) is 1.61. The predicted octanol–water partition coefficient (Wildman–Crippen LogP) is 4.23. The summed E-state index contributed by atoms with van der Waals surface area (Å²) in [6.45, 7) is 4.10. The van der Waals surface area contributed by atoms with Gasteiger partial charge in [0.25, 0.3) is 0 Å². The molecule has 0 unspecified atom stereocenters. The van der Waals surface area contributed by atoms with Crippen LogP contribution in [0.25, 0.3) is 11.6 Å². The average molecular weight is 354 g/mol. The number of hydrogen-bond acceptors (Lipinski definition) is 5. The number of anilines is 1. The molecule has 2 aromatic heterocycles. The van der Waals surface area contributed by atoms with Crippen molar-refractivity contribution >= 4 is 11.7 Å². The zero-order chi connectivity index (χ0) is 18.4. The smallest absolute Gasteiger partial charge is 0.319 e. The van der Waals surface area contributed by atoms with Crippen LogP contribution in [0.4, 0.5) is 10.5 Å². The number of nitrogens with zero attached hydrogens (tertiary/aromatic N) is 2. The molecule has 2 N–H and O–H groups in total. The van der Waals surface area contributed by atoms with Crippen molar-refractivity contribution in [1.29, 1.82) is 0 Å². The molecule has 0 atom stereocenters. The van der Waals surface area contributed by atoms with Crippen molar-refractivity contribution in [2.24, 2.45) is 0 Å². The molecule has 0 aliphatic rings. The van der Waals surface area contributed by atoms with Gasteiger partial charge >= 0.3 is 6.03 Å². The Labute approximate surface area is 151 Å². The zero-order valence-corrected chi connectivity index (χ0v) is 14.9. The van der Waals surface area contributed by atoms with Crippen molar-refractivity contribution in [3.8, 4) is 11.6 Å². The average Bonchev–Trinajstić information content (AvgIpc) is 3.33. The van der Waals surface area contributed by atoms with Crippen LogP contribution in [0.5, 0.6) is 0 Å². The lowest BCUT2D eigenvalue weighted by molar-refractivity contribution is 0.247. The molecule has 0 bridgehead atoms. The van der Waals surface area contributed by atoms with Crippen molar-refractivity contribution < 1.29 is 13.7 Å². The third-order valence-corrected chi connectivity index (χ3v) is 4.14. The first-order chi connectivity index (χ1) is 12.7. The van der Waals surface area contributed by atoms with Gasteiger partial charge in [-0.05, 0) is 36.6 Å². The van der Waals surface area contributed by atoms with E-state index in [1.165, 1.54) is 0 Å². The van der Waals surface area contributed by atoms with E-state index in [2.05, 4.69) is 34.6 Å². The number of urea groups is 1. The summed E-state index contributed by atoms with van der Waals surface area (Å²) in [6.07, 6.45) is 3.75. The van der Waals surface area contributed by atoms with E-state index in [4.69, 9.17) is 8.94 Å². The monoisotopic (exact) mass is 354 g/mol. The van der Waals surface area contributed by atoms with Crippen LogP contribution in [0.3, 0.4) is 0 Å². The second-order valence-corrected chi connectivity index (χ2v) is 5.93. The molecule has 0 aliphatic carbocycles. The normalized spacial score (nSPS) is 10.9. The largest absolute Gasteiger partial charge is 0.461 e. The van der Waals surface area contributed by atoms with Crippen LogP contribution in [-0.4, -0.2) is 22.2 Å². The quantitative estimate of drug-likeness (QED) is 0.662. The summed E-state index contributed by atoms with van der Waals surface area (Å²) >= 11 is 0. The van der Waals surface area contributed by atoms with Gasteiger partial charge in [0, 0.05) is 11.7 Å². The van der Waals surface area contributed by atoms with Gasteiger partial charge in [0.05, 0.1) is 12.7 Å². The molecule has 1 aromatic carbocycles. The molecule has 0 spiro atoms. The molecule has 0 saturated heterocycles. The summed E-state index contributed by atoms with van der Waals surface area (Å²) in [5, 5.41) is 9.80. The van der Waals surface area contributed by atoms with E-state index in [0.29, 0.717) is 29.6 Å². The van der Waals surface area contributed by atoms with Crippen molar-refractivity contribution in [3.63, 3.8) is 0 Å². The van der Waals surface area contributed by atoms with Gasteiger partial charge < -0.3 is 19.6 Å². The molecule has 3 rings (SSSR count). The fourth-order valence-electron chi connectivity index (χ4n) is 2.63. The van der Waals surface area contributed by atoms with Crippen molar-refractivity contribution in [3.05, 3.63) is 54.1 Å². The number of carbonyl (C=O) groups is 1. The Bertz CT molecular complexity index is 838. The Kier molecular flexibility index (Phi) is 5.68. The molecule has 2 heterocycles. The molecular formula is C19H22N4O3. The van der Waals surface area contributed by atoms with E-state index in [1.54, 1.807) is 18.4 Å². The maximum Gasteiger partial charge on any atom is 0.319 e. The molecule has 0 fully saturated rings. The summed E-state index contributed by atoms with van der Waals surface area (Å²) < 4.78 is 10.6. The van der Waals surface area contributed by atoms with E-state index in [0.717, 1.165) is 18.4 Å². The van der Waals surface area contributed by atoms with E-state index < -0.39 is 0 Å². The van der Waals surface area contributed by atoms with Gasteiger partial charge in [-0.1, -0.05) is 37.2 Å². The highest BCUT2D eigenvalue weighted by atomic mass is 16.5. The van der Waals surface area contributed by atoms with Crippen LogP contribution in [0, 0.1) is 0 Å². The molecule has 3 aromatic rings. The van der Waals surface area contributed by atoms with Gasteiger partial charge in [-0.3, -0.25) is 0 Å². The van der Waals surface area contributed by atoms with Gasteiger partial charge in [-0.25, -0.2) is 4.79 Å². The van der Waals surface area contributed by atoms with Gasteiger partial charge in [-0.15, -0.1) is 0 Å². The van der Waals surface area contributed by atoms with Crippen LogP contribution in [0.1, 0.15) is 38.1 Å². The number of benzene rings is 1. The maximum atomic E-state index is 12.2. The zero-order valence-electron chi connectivity index (χ0n) is 14.9. The molecule has 2 amide bonds. The Balaban J connectivity index is 1.70. The first kappa shape index (κ1) is 17.7. The second-order valence-electron chi connectivity index (χ2n) is 5.93. The number of para-hydroxylation sites is 1. The second kappa shape index (κ2) is 8.33. The van der Waals surface area contributed by atoms with E-state index in [1.807, 2.05) is 24.3 Å². The standard InChI is InChI=1S/C19H22N4O3/c1-3-14(4-2)20-19(24)21-15-9-6-5-8-13(15)12-17-22-18(23-26-17)16-10-7-11-25-16/h5-11,14H,3-4,12H2,1-2H3,(H2,20,21,24). The number of hydrogen-bond donors (Lipinski definition) is 2. The Hall–Kier alpha value is -3.09. The van der Waals surface area contributed by atoms with Crippen molar-refractivity contribution in [1.82, 2.24) is 15.5 Å². The Morgan fingerprint density at radius 1 is 1.15 bits per heavy atom. The van der Waals surface area contributed by atoms with Crippen LogP contribution in [-0.2, 0) is 6.42 Å². The minimum Gasteiger partial charge on any atom is -0.461 e. The van der Waals surface area contributed by atoms with Crippen molar-refractivity contribution in [2.45, 2.75) is 39.2 Å². The number of nitrogens with one attached hydrogen (secondary N) is 2. The summed E-state index contributed by atoms with van der Waals surface area (Å²) in [4.78, 5) is 16.6. The van der Waals surface area contributed by atoms with Crippen LogP contribution in [0.2, 0.25) is 0 Å². The topological polar surface area (TPSA) is 93.2 Å². The highest BCUT2D eigenvalue weighted by Gasteiger charge is 2.14. The van der Waals surface area contributed by atoms with Crippen molar-refractivity contribution in [2.75, 3.05) is 5.32 Å². The van der Waals surface area contributed by atoms with Crippen LogP contribution >= 0.6 is 0 Å². The molecule has 0 saturated carbocycles. The first-order valence-electron chi connectivity index (χ1n) is 8.71. The molecule has 7 heteroatoms. The van der Waals surface area contributed by atoms with E-state index in [-0.39, 0.29) is 12.1 Å². The third kappa shape index (κ3) is 4.30. The highest BCUT2D eigenvalue weighted by Crippen LogP contribution is 2.21. The molecule has 26 heavy (non-hydrogen) atoms. The van der Waals surface area contributed by atoms with E-state index in [9.17, 15) is 4.79 Å². The number of rotatable bonds is 7. The summed E-state index contributed by atoms with van der Waals surface area (Å²) in [6, 6.07) is 11.0. The van der Waals surface area contributed by atoms with Gasteiger partial charge in [0.2, 0.25) is 11.7 Å². The maximum absolute atomic E-state index is 12.2. The lowest BCUT2D eigenvalue weighted by atomic mass is 10.1. The summed E-state index contributed by atoms with van der Waals surface area (Å²) in [7, 11) is 0. The minimum absolute atomic E-state index is 0.161. The lowest BCUT2D eigenvalue weighted by Crippen LogP contribution is -2.37. The first-order valence-corrected chi connectivity index (χ1v) is 8.71. The number of aromatic nitrogens is 2. The fraction of sp³-hybridized carbons (Fsp3) is 0.316. The third-order valence-electron chi connectivity index (χ3n) is 4.14. The van der Waals surface area contributed by atoms with Gasteiger partial charge in [0.1, 0.15) is 0 Å². The molecule has 0 aliphatic heterocycles. The van der Waals surface area contributed by atoms with E-state index >= 15 is 0 Å².